The van der Waals surface area contributed by atoms with Gasteiger partial charge in [-0.05, 0) is 117 Å². The third-order valence-corrected chi connectivity index (χ3v) is 14.9. The fraction of sp³-hybridized carbons (Fsp3) is 0.560. The van der Waals surface area contributed by atoms with Gasteiger partial charge in [-0.1, -0.05) is 64.8 Å². The lowest BCUT2D eigenvalue weighted by Crippen LogP contribution is -2.63. The van der Waals surface area contributed by atoms with Crippen LogP contribution in [0.2, 0.25) is 0 Å². The number of aliphatic hydroxyl groups is 1. The van der Waals surface area contributed by atoms with E-state index in [-0.39, 0.29) is 61.4 Å². The molecule has 67 heavy (non-hydrogen) atoms. The summed E-state index contributed by atoms with van der Waals surface area (Å²) in [7, 11) is 0. The van der Waals surface area contributed by atoms with Crippen LogP contribution in [0.15, 0.2) is 72.3 Å². The first kappa shape index (κ1) is 49.3. The van der Waals surface area contributed by atoms with Crippen molar-refractivity contribution in [2.45, 2.75) is 129 Å². The first-order valence-electron chi connectivity index (χ1n) is 23.5. The first-order chi connectivity index (χ1) is 31.9. The SMILES string of the molecule is CCCC1O[C@@H]2C[C@H]3[C@@H]4CCC5=CC(=O)C=C[C@]5(C)[C@H]4[C@@H](O)C[C@]3(C)[C@]2(C(=O)COc2ccc(NC(=O)OCc3ccc(NC(=O)[C@H](CCCNC(N)=O)NC(=O)[C@@H](N)C(C)C)cc3)cc2)O1. The molecule has 17 nitrogen and oxygen atoms in total. The average molecular weight is 927 g/mol. The van der Waals surface area contributed by atoms with Crippen LogP contribution in [0, 0.1) is 34.5 Å². The molecule has 1 heterocycles. The number of urea groups is 1. The molecule has 0 spiro atoms. The maximum Gasteiger partial charge on any atom is 0.411 e. The summed E-state index contributed by atoms with van der Waals surface area (Å²) in [5.74, 6) is -0.876. The number of carbonyl (C=O) groups is 6. The molecule has 1 aliphatic heterocycles. The van der Waals surface area contributed by atoms with E-state index in [9.17, 15) is 33.9 Å². The molecule has 17 heteroatoms. The van der Waals surface area contributed by atoms with Gasteiger partial charge in [0.15, 0.2) is 17.7 Å². The molecule has 2 aromatic carbocycles. The van der Waals surface area contributed by atoms with Crippen LogP contribution in [0.3, 0.4) is 0 Å². The van der Waals surface area contributed by atoms with Gasteiger partial charge in [0.05, 0.1) is 18.2 Å². The number of allylic oxidation sites excluding steroid dienone is 4. The van der Waals surface area contributed by atoms with Gasteiger partial charge in [0.2, 0.25) is 17.6 Å². The van der Waals surface area contributed by atoms with E-state index in [4.69, 9.17) is 30.4 Å². The number of hydrogen-bond donors (Lipinski definition) is 7. The molecular weight excluding hydrogens is 861 g/mol. The van der Waals surface area contributed by atoms with E-state index in [0.717, 1.165) is 24.8 Å². The van der Waals surface area contributed by atoms with Crippen molar-refractivity contribution in [2.75, 3.05) is 23.8 Å². The van der Waals surface area contributed by atoms with E-state index < -0.39 is 71.0 Å². The van der Waals surface area contributed by atoms with Crippen molar-refractivity contribution < 1.29 is 52.8 Å². The van der Waals surface area contributed by atoms with E-state index >= 15 is 0 Å². The minimum Gasteiger partial charge on any atom is -0.486 e. The van der Waals surface area contributed by atoms with Crippen molar-refractivity contribution >= 4 is 46.9 Å². The number of amides is 5. The number of ether oxygens (including phenoxy) is 4. The van der Waals surface area contributed by atoms with E-state index in [1.807, 2.05) is 13.0 Å². The molecule has 5 aliphatic rings. The van der Waals surface area contributed by atoms with Gasteiger partial charge in [-0.2, -0.15) is 0 Å². The predicted molar refractivity (Wildman–Crippen MR) is 248 cm³/mol. The number of aliphatic hydroxyl groups excluding tert-OH is 1. The molecule has 362 valence electrons. The van der Waals surface area contributed by atoms with Crippen LogP contribution in [-0.2, 0) is 40.0 Å². The second kappa shape index (κ2) is 20.3. The molecule has 11 atom stereocenters. The van der Waals surface area contributed by atoms with Crippen molar-refractivity contribution in [3.05, 3.63) is 77.9 Å². The Morgan fingerprint density at radius 1 is 0.985 bits per heavy atom. The van der Waals surface area contributed by atoms with Crippen LogP contribution in [0.1, 0.15) is 91.5 Å². The van der Waals surface area contributed by atoms with Gasteiger partial charge in [-0.25, -0.2) is 9.59 Å². The molecule has 4 aliphatic carbocycles. The Labute approximate surface area is 391 Å². The lowest BCUT2D eigenvalue weighted by molar-refractivity contribution is -0.200. The number of rotatable bonds is 18. The van der Waals surface area contributed by atoms with Crippen molar-refractivity contribution in [1.29, 1.82) is 0 Å². The van der Waals surface area contributed by atoms with Gasteiger partial charge in [0.1, 0.15) is 25.0 Å². The molecule has 1 saturated heterocycles. The maximum absolute atomic E-state index is 14.7. The Hall–Kier alpha value is -5.62. The average Bonchev–Trinajstić information content (AvgIpc) is 3.77. The molecule has 4 fully saturated rings. The third-order valence-electron chi connectivity index (χ3n) is 14.9. The number of carbonyl (C=O) groups excluding carboxylic acids is 6. The molecular formula is C50H66N6O11. The monoisotopic (exact) mass is 926 g/mol. The van der Waals surface area contributed by atoms with Crippen LogP contribution in [0.4, 0.5) is 21.0 Å². The number of ketones is 2. The lowest BCUT2D eigenvalue weighted by atomic mass is 9.46. The van der Waals surface area contributed by atoms with Gasteiger partial charge in [-0.15, -0.1) is 0 Å². The number of nitrogens with one attached hydrogen (secondary N) is 4. The Kier molecular flexibility index (Phi) is 14.9. The van der Waals surface area contributed by atoms with E-state index in [0.29, 0.717) is 48.4 Å². The summed E-state index contributed by atoms with van der Waals surface area (Å²) in [6.07, 6.45) is 7.47. The molecule has 5 amide bonds. The van der Waals surface area contributed by atoms with Crippen LogP contribution >= 0.6 is 0 Å². The van der Waals surface area contributed by atoms with Gasteiger partial charge in [0.25, 0.3) is 0 Å². The summed E-state index contributed by atoms with van der Waals surface area (Å²) in [6.45, 7) is 9.74. The Balaban J connectivity index is 0.920. The van der Waals surface area contributed by atoms with E-state index in [1.54, 1.807) is 74.5 Å². The normalized spacial score (nSPS) is 30.1. The standard InChI is InChI=1S/C50H66N6O11/c1-6-8-41-66-40-24-36-35-19-12-30-23-33(57)20-21-48(30,4)42(35)38(58)25-49(36,5)50(40,67-41)39(59)27-64-34-17-15-32(16-18-34)55-47(63)65-26-29-10-13-31(14-11-29)54-44(60)37(9-7-22-53-46(52)62)56-45(61)43(51)28(2)3/h10-11,13-18,20-21,23,28,35-38,40-43,58H,6-9,12,19,22,24-27,51H2,1-5H3,(H,54,60)(H,55,63)(H,56,61)(H3,52,53,62)/t35-,36-,37-,38-,40+,41?,42+,43-,48-,49-,50+/m0/s1. The number of Topliss-reactive ketones (excluding diaryl/α,β-unsaturated/α-hetero) is 1. The topological polar surface area (TPSA) is 260 Å². The van der Waals surface area contributed by atoms with Crippen LogP contribution < -0.4 is 37.5 Å². The zero-order chi connectivity index (χ0) is 48.3. The van der Waals surface area contributed by atoms with Gasteiger partial charge >= 0.3 is 12.1 Å². The van der Waals surface area contributed by atoms with Crippen molar-refractivity contribution in [1.82, 2.24) is 10.6 Å². The second-order valence-electron chi connectivity index (χ2n) is 19.5. The minimum atomic E-state index is -1.31. The zero-order valence-electron chi connectivity index (χ0n) is 39.0. The second-order valence-corrected chi connectivity index (χ2v) is 19.5. The Bertz CT molecular complexity index is 2250. The molecule has 1 unspecified atom stereocenters. The fourth-order valence-corrected chi connectivity index (χ4v) is 11.5. The van der Waals surface area contributed by atoms with Crippen LogP contribution in [0.25, 0.3) is 0 Å². The van der Waals surface area contributed by atoms with Gasteiger partial charge in [0, 0.05) is 34.7 Å². The summed E-state index contributed by atoms with van der Waals surface area (Å²) in [5, 5.41) is 22.7. The Morgan fingerprint density at radius 2 is 1.69 bits per heavy atom. The highest BCUT2D eigenvalue weighted by molar-refractivity contribution is 6.01. The third kappa shape index (κ3) is 10.2. The Morgan fingerprint density at radius 3 is 2.37 bits per heavy atom. The molecule has 0 radical (unpaired) electrons. The molecule has 3 saturated carbocycles. The highest BCUT2D eigenvalue weighted by Gasteiger charge is 2.76. The smallest absolute Gasteiger partial charge is 0.411 e. The number of primary amides is 1. The summed E-state index contributed by atoms with van der Waals surface area (Å²) in [5.41, 5.74) is 11.2. The van der Waals surface area contributed by atoms with E-state index in [1.165, 1.54) is 0 Å². The highest BCUT2D eigenvalue weighted by Crippen LogP contribution is 2.69. The van der Waals surface area contributed by atoms with Crippen molar-refractivity contribution in [3.63, 3.8) is 0 Å². The number of nitrogens with two attached hydrogens (primary N) is 2. The highest BCUT2D eigenvalue weighted by atomic mass is 16.7. The maximum atomic E-state index is 14.7. The number of hydrogen-bond acceptors (Lipinski definition) is 12. The molecule has 0 bridgehead atoms. The first-order valence-corrected chi connectivity index (χ1v) is 23.5. The lowest BCUT2D eigenvalue weighted by Gasteiger charge is -2.59. The van der Waals surface area contributed by atoms with Gasteiger partial charge in [-0.3, -0.25) is 24.5 Å². The molecule has 7 rings (SSSR count). The van der Waals surface area contributed by atoms with Crippen LogP contribution in [0.5, 0.6) is 5.75 Å². The van der Waals surface area contributed by atoms with Crippen molar-refractivity contribution in [3.8, 4) is 5.75 Å². The summed E-state index contributed by atoms with van der Waals surface area (Å²) in [4.78, 5) is 76.7. The minimum absolute atomic E-state index is 0.0178. The predicted octanol–water partition coefficient (Wildman–Crippen LogP) is 5.41. The summed E-state index contributed by atoms with van der Waals surface area (Å²) < 4.78 is 24.8. The molecule has 2 aromatic rings. The fourth-order valence-electron chi connectivity index (χ4n) is 11.5. The molecule has 0 aromatic heterocycles. The molecule has 9 N–H and O–H groups in total. The zero-order valence-corrected chi connectivity index (χ0v) is 39.0. The number of benzene rings is 2. The summed E-state index contributed by atoms with van der Waals surface area (Å²) >= 11 is 0. The van der Waals surface area contributed by atoms with Gasteiger partial charge < -0.3 is 51.5 Å². The largest absolute Gasteiger partial charge is 0.486 e. The van der Waals surface area contributed by atoms with E-state index in [2.05, 4.69) is 35.1 Å². The van der Waals surface area contributed by atoms with Crippen molar-refractivity contribution in [2.24, 2.45) is 46.0 Å². The van der Waals surface area contributed by atoms with Crippen LogP contribution in [-0.4, -0.2) is 89.9 Å². The number of anilines is 2. The number of fused-ring (bicyclic) bond motifs is 7. The quantitative estimate of drug-likeness (QED) is 0.0927. The summed E-state index contributed by atoms with van der Waals surface area (Å²) in [6, 6.07) is 10.8.